The van der Waals surface area contributed by atoms with Crippen LogP contribution in [0, 0.1) is 5.41 Å². The second-order valence-corrected chi connectivity index (χ2v) is 4.28. The smallest absolute Gasteiger partial charge is 0.550 e. The van der Waals surface area contributed by atoms with Crippen LogP contribution in [0.2, 0.25) is 0 Å². The van der Waals surface area contributed by atoms with E-state index in [1.54, 1.807) is 6.92 Å². The SMILES string of the molecule is CCCCCCC(CC)(CC(=O)[O-])C(=O)[O-].[Na+].[Na+]. The molecule has 0 aromatic heterocycles. The third-order valence-corrected chi connectivity index (χ3v) is 3.10. The van der Waals surface area contributed by atoms with Crippen LogP contribution in [0.5, 0.6) is 0 Å². The summed E-state index contributed by atoms with van der Waals surface area (Å²) in [5.74, 6) is -2.59. The quantitative estimate of drug-likeness (QED) is 0.310. The standard InChI is InChI=1S/C12H22O4.2Na/c1-3-5-6-7-8-12(4-2,11(15)16)9-10(13)14;;/h3-9H2,1-2H3,(H,13,14)(H,15,16);;/q;2*+1/p-2. The number of carboxylic acid groups (broad SMARTS) is 2. The Balaban J connectivity index is -0.00000112. The average Bonchev–Trinajstić information content (AvgIpc) is 2.21. The van der Waals surface area contributed by atoms with Crippen LogP contribution in [-0.4, -0.2) is 11.9 Å². The zero-order chi connectivity index (χ0) is 12.6. The molecule has 0 aliphatic rings. The second-order valence-electron chi connectivity index (χ2n) is 4.28. The summed E-state index contributed by atoms with van der Waals surface area (Å²) in [6.07, 6.45) is 3.94. The van der Waals surface area contributed by atoms with Gasteiger partial charge in [0.05, 0.1) is 0 Å². The fourth-order valence-electron chi connectivity index (χ4n) is 1.88. The molecule has 0 aliphatic heterocycles. The molecule has 4 nitrogen and oxygen atoms in total. The van der Waals surface area contributed by atoms with Crippen molar-refractivity contribution < 1.29 is 78.9 Å². The van der Waals surface area contributed by atoms with Crippen LogP contribution in [0.4, 0.5) is 0 Å². The van der Waals surface area contributed by atoms with Gasteiger partial charge < -0.3 is 19.8 Å². The van der Waals surface area contributed by atoms with E-state index in [1.165, 1.54) is 0 Å². The Morgan fingerprint density at radius 2 is 1.56 bits per heavy atom. The van der Waals surface area contributed by atoms with Gasteiger partial charge in [-0.2, -0.15) is 0 Å². The molecule has 0 amide bonds. The van der Waals surface area contributed by atoms with Crippen LogP contribution in [0.15, 0.2) is 0 Å². The van der Waals surface area contributed by atoms with Crippen LogP contribution in [0.3, 0.4) is 0 Å². The Labute approximate surface area is 153 Å². The maximum Gasteiger partial charge on any atom is 1.00 e. The molecule has 6 heteroatoms. The molecule has 1 atom stereocenters. The van der Waals surface area contributed by atoms with Gasteiger partial charge in [0.15, 0.2) is 0 Å². The van der Waals surface area contributed by atoms with Gasteiger partial charge in [0.1, 0.15) is 0 Å². The molecule has 0 radical (unpaired) electrons. The summed E-state index contributed by atoms with van der Waals surface area (Å²) in [4.78, 5) is 21.6. The molecule has 0 aliphatic carbocycles. The van der Waals surface area contributed by atoms with E-state index in [1.807, 2.05) is 0 Å². The van der Waals surface area contributed by atoms with Gasteiger partial charge in [-0.05, 0) is 19.3 Å². The molecule has 94 valence electrons. The zero-order valence-electron chi connectivity index (χ0n) is 12.1. The van der Waals surface area contributed by atoms with Crippen molar-refractivity contribution in [2.45, 2.75) is 58.8 Å². The van der Waals surface area contributed by atoms with E-state index in [2.05, 4.69) is 6.92 Å². The van der Waals surface area contributed by atoms with Crippen LogP contribution in [0.1, 0.15) is 58.8 Å². The molecule has 0 bridgehead atoms. The number of aliphatic carboxylic acids is 2. The zero-order valence-corrected chi connectivity index (χ0v) is 16.1. The number of carboxylic acids is 2. The first-order chi connectivity index (χ1) is 7.48. The van der Waals surface area contributed by atoms with Gasteiger partial charge in [-0.3, -0.25) is 0 Å². The number of unbranched alkanes of at least 4 members (excludes halogenated alkanes) is 3. The number of hydrogen-bond acceptors (Lipinski definition) is 4. The molecular formula is C12H20Na2O4. The van der Waals surface area contributed by atoms with Crippen molar-refractivity contribution in [2.24, 2.45) is 5.41 Å². The van der Waals surface area contributed by atoms with Crippen LogP contribution < -0.4 is 69.3 Å². The maximum atomic E-state index is 11.0. The normalized spacial score (nSPS) is 12.8. The van der Waals surface area contributed by atoms with Crippen molar-refractivity contribution in [3.05, 3.63) is 0 Å². The van der Waals surface area contributed by atoms with Gasteiger partial charge in [-0.15, -0.1) is 0 Å². The fourth-order valence-corrected chi connectivity index (χ4v) is 1.88. The first-order valence-electron chi connectivity index (χ1n) is 5.89. The molecule has 0 aromatic carbocycles. The molecule has 0 aromatic rings. The largest absolute Gasteiger partial charge is 1.00 e. The summed E-state index contributed by atoms with van der Waals surface area (Å²) in [7, 11) is 0. The van der Waals surface area contributed by atoms with E-state index < -0.39 is 23.8 Å². The van der Waals surface area contributed by atoms with E-state index in [0.717, 1.165) is 25.7 Å². The molecular weight excluding hydrogens is 254 g/mol. The van der Waals surface area contributed by atoms with Gasteiger partial charge in [0.2, 0.25) is 0 Å². The summed E-state index contributed by atoms with van der Waals surface area (Å²) in [6, 6.07) is 0. The van der Waals surface area contributed by atoms with Crippen molar-refractivity contribution in [1.29, 1.82) is 0 Å². The van der Waals surface area contributed by atoms with Gasteiger partial charge >= 0.3 is 59.1 Å². The first kappa shape index (κ1) is 24.0. The molecule has 1 unspecified atom stereocenters. The van der Waals surface area contributed by atoms with Crippen molar-refractivity contribution >= 4 is 11.9 Å². The minimum absolute atomic E-state index is 0. The molecule has 18 heavy (non-hydrogen) atoms. The van der Waals surface area contributed by atoms with E-state index in [-0.39, 0.29) is 65.5 Å². The third kappa shape index (κ3) is 8.94. The van der Waals surface area contributed by atoms with Crippen LogP contribution in [0.25, 0.3) is 0 Å². The van der Waals surface area contributed by atoms with Gasteiger partial charge in [-0.1, -0.05) is 39.5 Å². The summed E-state index contributed by atoms with van der Waals surface area (Å²) >= 11 is 0. The Hall–Kier alpha value is 0.940. The fraction of sp³-hybridized carbons (Fsp3) is 0.833. The van der Waals surface area contributed by atoms with Crippen molar-refractivity contribution in [1.82, 2.24) is 0 Å². The topological polar surface area (TPSA) is 80.3 Å². The Morgan fingerprint density at radius 3 is 1.89 bits per heavy atom. The number of carbonyl (C=O) groups is 2. The predicted octanol–water partition coefficient (Wildman–Crippen LogP) is -5.75. The van der Waals surface area contributed by atoms with Gasteiger partial charge in [0, 0.05) is 17.4 Å². The average molecular weight is 274 g/mol. The number of rotatable bonds is 9. The van der Waals surface area contributed by atoms with Crippen LogP contribution in [-0.2, 0) is 9.59 Å². The first-order valence-corrected chi connectivity index (χ1v) is 5.89. The number of carbonyl (C=O) groups excluding carboxylic acids is 2. The third-order valence-electron chi connectivity index (χ3n) is 3.10. The molecule has 0 saturated heterocycles. The molecule has 0 saturated carbocycles. The Bertz CT molecular complexity index is 246. The van der Waals surface area contributed by atoms with Crippen molar-refractivity contribution in [3.8, 4) is 0 Å². The monoisotopic (exact) mass is 274 g/mol. The molecule has 0 fully saturated rings. The summed E-state index contributed by atoms with van der Waals surface area (Å²) in [5, 5.41) is 21.6. The Morgan fingerprint density at radius 1 is 1.00 bits per heavy atom. The molecule has 0 spiro atoms. The van der Waals surface area contributed by atoms with Crippen molar-refractivity contribution in [3.63, 3.8) is 0 Å². The molecule has 0 heterocycles. The second kappa shape index (κ2) is 12.9. The number of hydrogen-bond donors (Lipinski definition) is 0. The van der Waals surface area contributed by atoms with E-state index >= 15 is 0 Å². The summed E-state index contributed by atoms with van der Waals surface area (Å²) in [5.41, 5.74) is -1.24. The Kier molecular flexibility index (Phi) is 17.3. The van der Waals surface area contributed by atoms with E-state index in [9.17, 15) is 19.8 Å². The maximum absolute atomic E-state index is 11.0. The van der Waals surface area contributed by atoms with E-state index in [4.69, 9.17) is 0 Å². The minimum Gasteiger partial charge on any atom is -0.550 e. The van der Waals surface area contributed by atoms with Crippen molar-refractivity contribution in [2.75, 3.05) is 0 Å². The summed E-state index contributed by atoms with van der Waals surface area (Å²) < 4.78 is 0. The summed E-state index contributed by atoms with van der Waals surface area (Å²) in [6.45, 7) is 3.74. The molecule has 0 N–H and O–H groups in total. The van der Waals surface area contributed by atoms with E-state index in [0.29, 0.717) is 6.42 Å². The van der Waals surface area contributed by atoms with Crippen LogP contribution >= 0.6 is 0 Å². The predicted molar refractivity (Wildman–Crippen MR) is 56.1 cm³/mol. The molecule has 0 rings (SSSR count). The minimum atomic E-state index is -1.32. The van der Waals surface area contributed by atoms with Gasteiger partial charge in [-0.25, -0.2) is 0 Å². The van der Waals surface area contributed by atoms with Gasteiger partial charge in [0.25, 0.3) is 0 Å².